The molecule has 0 aromatic rings. The quantitative estimate of drug-likeness (QED) is 0.800. The van der Waals surface area contributed by atoms with Crippen LogP contribution in [0, 0.1) is 23.2 Å². The van der Waals surface area contributed by atoms with E-state index in [1.807, 2.05) is 0 Å². The Kier molecular flexibility index (Phi) is 3.83. The molecule has 0 spiro atoms. The molecule has 3 fully saturated rings. The highest BCUT2D eigenvalue weighted by Crippen LogP contribution is 2.40. The van der Waals surface area contributed by atoms with Gasteiger partial charge in [-0.1, -0.05) is 20.8 Å². The highest BCUT2D eigenvalue weighted by molar-refractivity contribution is 5.79. The van der Waals surface area contributed by atoms with Crippen molar-refractivity contribution in [3.63, 3.8) is 0 Å². The maximum Gasteiger partial charge on any atom is 0.225 e. The zero-order valence-corrected chi connectivity index (χ0v) is 13.3. The van der Waals surface area contributed by atoms with Crippen LogP contribution in [0.25, 0.3) is 0 Å². The van der Waals surface area contributed by atoms with Gasteiger partial charge in [0.15, 0.2) is 0 Å². The van der Waals surface area contributed by atoms with E-state index in [-0.39, 0.29) is 0 Å². The second kappa shape index (κ2) is 5.32. The normalized spacial score (nSPS) is 38.0. The van der Waals surface area contributed by atoms with Crippen LogP contribution in [0.1, 0.15) is 52.9 Å². The molecular weight excluding hydrogens is 248 g/mol. The average molecular weight is 278 g/mol. The van der Waals surface area contributed by atoms with E-state index in [0.29, 0.717) is 23.3 Å². The lowest BCUT2D eigenvalue weighted by Gasteiger charge is -2.37. The first-order chi connectivity index (χ1) is 9.45. The summed E-state index contributed by atoms with van der Waals surface area (Å²) in [5.41, 5.74) is 0.405. The fourth-order valence-corrected chi connectivity index (χ4v) is 4.49. The standard InChI is InChI=1S/C17H30N2O/c1-17(2,3)14-6-4-12(5-7-14)16(20)19-10-13-8-9-18-15(13)11-19/h12-15,18H,4-11H2,1-3H3/t12?,13-,14?,15+/m0/s1. The zero-order chi connectivity index (χ0) is 14.3. The van der Waals surface area contributed by atoms with E-state index in [1.165, 1.54) is 19.3 Å². The van der Waals surface area contributed by atoms with Crippen molar-refractivity contribution in [3.05, 3.63) is 0 Å². The summed E-state index contributed by atoms with van der Waals surface area (Å²) in [4.78, 5) is 14.8. The zero-order valence-electron chi connectivity index (χ0n) is 13.3. The predicted octanol–water partition coefficient (Wildman–Crippen LogP) is 2.66. The molecule has 1 saturated carbocycles. The van der Waals surface area contributed by atoms with Crippen LogP contribution in [0.5, 0.6) is 0 Å². The predicted molar refractivity (Wildman–Crippen MR) is 81.4 cm³/mol. The Labute approximate surface area is 123 Å². The van der Waals surface area contributed by atoms with E-state index in [9.17, 15) is 4.79 Å². The number of amides is 1. The molecule has 1 amide bonds. The molecule has 3 rings (SSSR count). The Hall–Kier alpha value is -0.570. The van der Waals surface area contributed by atoms with Gasteiger partial charge in [-0.3, -0.25) is 4.79 Å². The Morgan fingerprint density at radius 2 is 1.75 bits per heavy atom. The largest absolute Gasteiger partial charge is 0.341 e. The first-order valence-corrected chi connectivity index (χ1v) is 8.47. The van der Waals surface area contributed by atoms with Crippen LogP contribution < -0.4 is 5.32 Å². The van der Waals surface area contributed by atoms with E-state index >= 15 is 0 Å². The van der Waals surface area contributed by atoms with Gasteiger partial charge in [-0.2, -0.15) is 0 Å². The van der Waals surface area contributed by atoms with Crippen LogP contribution >= 0.6 is 0 Å². The number of hydrogen-bond acceptors (Lipinski definition) is 2. The van der Waals surface area contributed by atoms with Crippen LogP contribution in [0.15, 0.2) is 0 Å². The molecule has 0 bridgehead atoms. The molecule has 3 aliphatic rings. The number of fused-ring (bicyclic) bond motifs is 1. The molecule has 2 heterocycles. The van der Waals surface area contributed by atoms with E-state index in [2.05, 4.69) is 31.0 Å². The molecule has 0 aromatic heterocycles. The number of rotatable bonds is 1. The Balaban J connectivity index is 1.52. The molecule has 114 valence electrons. The maximum absolute atomic E-state index is 12.7. The second-order valence-corrected chi connectivity index (χ2v) is 8.27. The molecule has 1 aliphatic carbocycles. The third kappa shape index (κ3) is 2.74. The third-order valence-electron chi connectivity index (χ3n) is 5.98. The lowest BCUT2D eigenvalue weighted by atomic mass is 9.69. The number of nitrogens with zero attached hydrogens (tertiary/aromatic N) is 1. The van der Waals surface area contributed by atoms with E-state index < -0.39 is 0 Å². The van der Waals surface area contributed by atoms with Gasteiger partial charge in [0.2, 0.25) is 5.91 Å². The van der Waals surface area contributed by atoms with Crippen LogP contribution in [0.3, 0.4) is 0 Å². The van der Waals surface area contributed by atoms with Crippen molar-refractivity contribution >= 4 is 5.91 Å². The van der Waals surface area contributed by atoms with Crippen LogP contribution in [-0.4, -0.2) is 36.5 Å². The van der Waals surface area contributed by atoms with Crippen molar-refractivity contribution in [2.24, 2.45) is 23.2 Å². The Morgan fingerprint density at radius 1 is 1.05 bits per heavy atom. The van der Waals surface area contributed by atoms with Crippen LogP contribution in [-0.2, 0) is 4.79 Å². The summed E-state index contributed by atoms with van der Waals surface area (Å²) in [6.45, 7) is 10.1. The lowest BCUT2D eigenvalue weighted by Crippen LogP contribution is -2.39. The van der Waals surface area contributed by atoms with Gasteiger partial charge < -0.3 is 10.2 Å². The summed E-state index contributed by atoms with van der Waals surface area (Å²) >= 11 is 0. The number of hydrogen-bond donors (Lipinski definition) is 1. The number of carbonyl (C=O) groups excluding carboxylic acids is 1. The Morgan fingerprint density at radius 3 is 2.35 bits per heavy atom. The maximum atomic E-state index is 12.7. The first kappa shape index (κ1) is 14.4. The van der Waals surface area contributed by atoms with Gasteiger partial charge in [0, 0.05) is 25.0 Å². The minimum Gasteiger partial charge on any atom is -0.341 e. The SMILES string of the molecule is CC(C)(C)C1CCC(C(=O)N2C[C@@H]3CCN[C@@H]3C2)CC1. The molecule has 0 radical (unpaired) electrons. The molecule has 2 atom stereocenters. The monoisotopic (exact) mass is 278 g/mol. The van der Waals surface area contributed by atoms with E-state index in [1.54, 1.807) is 0 Å². The van der Waals surface area contributed by atoms with Gasteiger partial charge in [0.05, 0.1) is 0 Å². The molecule has 3 heteroatoms. The highest BCUT2D eigenvalue weighted by Gasteiger charge is 2.41. The van der Waals surface area contributed by atoms with Crippen molar-refractivity contribution in [2.75, 3.05) is 19.6 Å². The number of nitrogens with one attached hydrogen (secondary N) is 1. The topological polar surface area (TPSA) is 32.3 Å². The molecule has 3 nitrogen and oxygen atoms in total. The minimum atomic E-state index is 0.312. The highest BCUT2D eigenvalue weighted by atomic mass is 16.2. The molecule has 2 saturated heterocycles. The van der Waals surface area contributed by atoms with Crippen molar-refractivity contribution in [2.45, 2.75) is 58.9 Å². The number of likely N-dealkylation sites (tertiary alicyclic amines) is 1. The van der Waals surface area contributed by atoms with E-state index in [4.69, 9.17) is 0 Å². The summed E-state index contributed by atoms with van der Waals surface area (Å²) in [6.07, 6.45) is 5.95. The number of carbonyl (C=O) groups is 1. The molecule has 0 unspecified atom stereocenters. The second-order valence-electron chi connectivity index (χ2n) is 8.27. The molecular formula is C17H30N2O. The van der Waals surface area contributed by atoms with Gasteiger partial charge >= 0.3 is 0 Å². The molecule has 1 N–H and O–H groups in total. The summed E-state index contributed by atoms with van der Waals surface area (Å²) < 4.78 is 0. The smallest absolute Gasteiger partial charge is 0.225 e. The van der Waals surface area contributed by atoms with Gasteiger partial charge in [-0.25, -0.2) is 0 Å². The summed E-state index contributed by atoms with van der Waals surface area (Å²) in [6, 6.07) is 0.588. The minimum absolute atomic E-state index is 0.312. The fraction of sp³-hybridized carbons (Fsp3) is 0.941. The Bertz CT molecular complexity index is 354. The van der Waals surface area contributed by atoms with Gasteiger partial charge in [0.25, 0.3) is 0 Å². The van der Waals surface area contributed by atoms with Gasteiger partial charge in [-0.15, -0.1) is 0 Å². The van der Waals surface area contributed by atoms with Crippen molar-refractivity contribution in [1.29, 1.82) is 0 Å². The van der Waals surface area contributed by atoms with Crippen molar-refractivity contribution in [3.8, 4) is 0 Å². The van der Waals surface area contributed by atoms with Crippen LogP contribution in [0.4, 0.5) is 0 Å². The van der Waals surface area contributed by atoms with Crippen molar-refractivity contribution < 1.29 is 4.79 Å². The third-order valence-corrected chi connectivity index (χ3v) is 5.98. The fourth-order valence-electron chi connectivity index (χ4n) is 4.49. The summed E-state index contributed by atoms with van der Waals surface area (Å²) in [5, 5.41) is 3.54. The lowest BCUT2D eigenvalue weighted by molar-refractivity contribution is -0.136. The molecule has 0 aromatic carbocycles. The van der Waals surface area contributed by atoms with Gasteiger partial charge in [0.1, 0.15) is 0 Å². The summed E-state index contributed by atoms with van der Waals surface area (Å²) in [7, 11) is 0. The van der Waals surface area contributed by atoms with Gasteiger partial charge in [-0.05, 0) is 55.9 Å². The first-order valence-electron chi connectivity index (χ1n) is 8.47. The molecule has 20 heavy (non-hydrogen) atoms. The molecule has 2 aliphatic heterocycles. The van der Waals surface area contributed by atoms with Crippen LogP contribution in [0.2, 0.25) is 0 Å². The van der Waals surface area contributed by atoms with E-state index in [0.717, 1.165) is 44.3 Å². The average Bonchev–Trinajstić information content (AvgIpc) is 2.97. The van der Waals surface area contributed by atoms with Crippen molar-refractivity contribution in [1.82, 2.24) is 10.2 Å². The summed E-state index contributed by atoms with van der Waals surface area (Å²) in [5.74, 6) is 2.29.